The smallest absolute Gasteiger partial charge is 0.475 e. The van der Waals surface area contributed by atoms with Crippen molar-refractivity contribution in [2.45, 2.75) is 52.9 Å². The lowest BCUT2D eigenvalue weighted by Crippen LogP contribution is -2.31. The zero-order valence-corrected chi connectivity index (χ0v) is 19.0. The van der Waals surface area contributed by atoms with E-state index in [1.165, 1.54) is 9.75 Å². The molecule has 4 rings (SSSR count). The first kappa shape index (κ1) is 24.2. The number of carboxylic acids is 1. The molecular weight excluding hydrogens is 447 g/mol. The van der Waals surface area contributed by atoms with Crippen LogP contribution in [0.1, 0.15) is 39.6 Å². The van der Waals surface area contributed by atoms with Crippen molar-refractivity contribution in [3.05, 3.63) is 38.9 Å². The number of aryl methyl sites for hydroxylation is 3. The maximum atomic E-state index is 12.6. The van der Waals surface area contributed by atoms with E-state index in [-0.39, 0.29) is 11.3 Å². The second kappa shape index (κ2) is 9.22. The highest BCUT2D eigenvalue weighted by Crippen LogP contribution is 2.41. The van der Waals surface area contributed by atoms with Gasteiger partial charge in [0, 0.05) is 46.8 Å². The van der Waals surface area contributed by atoms with Gasteiger partial charge in [-0.05, 0) is 45.9 Å². The Bertz CT molecular complexity index is 968. The number of carbonyl (C=O) groups excluding carboxylic acids is 1. The summed E-state index contributed by atoms with van der Waals surface area (Å²) in [5.41, 5.74) is 2.09. The van der Waals surface area contributed by atoms with Crippen molar-refractivity contribution in [3.63, 3.8) is 0 Å². The Labute approximate surface area is 187 Å². The molecule has 0 aliphatic carbocycles. The van der Waals surface area contributed by atoms with Crippen LogP contribution in [-0.4, -0.2) is 57.8 Å². The summed E-state index contributed by atoms with van der Waals surface area (Å²) >= 11 is 1.88. The molecule has 1 N–H and O–H groups in total. The van der Waals surface area contributed by atoms with Crippen LogP contribution in [0.15, 0.2) is 16.7 Å². The van der Waals surface area contributed by atoms with Gasteiger partial charge >= 0.3 is 12.1 Å². The van der Waals surface area contributed by atoms with E-state index < -0.39 is 12.1 Å². The summed E-state index contributed by atoms with van der Waals surface area (Å²) in [5, 5.41) is 11.1. The molecule has 0 saturated carbocycles. The third kappa shape index (κ3) is 5.69. The molecule has 2 aliphatic rings. The number of hydrogen-bond donors (Lipinski definition) is 1. The molecule has 1 amide bonds. The van der Waals surface area contributed by atoms with Crippen LogP contribution in [0.25, 0.3) is 0 Å². The minimum Gasteiger partial charge on any atom is -0.475 e. The lowest BCUT2D eigenvalue weighted by Gasteiger charge is -2.24. The molecule has 1 spiro atoms. The number of nitrogens with zero attached hydrogens (tertiary/aromatic N) is 3. The lowest BCUT2D eigenvalue weighted by atomic mass is 9.86. The van der Waals surface area contributed by atoms with Gasteiger partial charge in [0.2, 0.25) is 5.91 Å². The van der Waals surface area contributed by atoms with Crippen molar-refractivity contribution in [1.29, 1.82) is 0 Å². The lowest BCUT2D eigenvalue weighted by molar-refractivity contribution is -0.192. The first-order valence-corrected chi connectivity index (χ1v) is 11.0. The van der Waals surface area contributed by atoms with E-state index >= 15 is 0 Å². The zero-order chi connectivity index (χ0) is 23.7. The number of thiophene rings is 1. The topological polar surface area (TPSA) is 86.9 Å². The van der Waals surface area contributed by atoms with E-state index in [4.69, 9.17) is 14.4 Å². The minimum absolute atomic E-state index is 0.127. The summed E-state index contributed by atoms with van der Waals surface area (Å²) in [6.45, 7) is 10.6. The fraction of sp³-hybridized carbons (Fsp3) is 0.571. The first-order chi connectivity index (χ1) is 14.9. The van der Waals surface area contributed by atoms with Crippen LogP contribution in [0.5, 0.6) is 0 Å². The number of carboxylic acid groups (broad SMARTS) is 1. The molecule has 2 saturated heterocycles. The van der Waals surface area contributed by atoms with E-state index in [2.05, 4.69) is 29.1 Å². The molecule has 2 aromatic heterocycles. The summed E-state index contributed by atoms with van der Waals surface area (Å²) in [4.78, 5) is 28.8. The highest BCUT2D eigenvalue weighted by Gasteiger charge is 2.47. The zero-order valence-electron chi connectivity index (χ0n) is 18.2. The summed E-state index contributed by atoms with van der Waals surface area (Å²) < 4.78 is 37.0. The molecule has 2 fully saturated rings. The number of likely N-dealkylation sites (tertiary alicyclic amines) is 2. The Balaban J connectivity index is 0.000000360. The van der Waals surface area contributed by atoms with Crippen molar-refractivity contribution < 1.29 is 32.4 Å². The van der Waals surface area contributed by atoms with E-state index in [0.29, 0.717) is 13.0 Å². The summed E-state index contributed by atoms with van der Waals surface area (Å²) in [7, 11) is 0. The van der Waals surface area contributed by atoms with Gasteiger partial charge in [-0.3, -0.25) is 9.69 Å². The van der Waals surface area contributed by atoms with E-state index in [1.807, 2.05) is 30.1 Å². The van der Waals surface area contributed by atoms with Crippen molar-refractivity contribution in [1.82, 2.24) is 15.0 Å². The third-order valence-corrected chi connectivity index (χ3v) is 6.86. The van der Waals surface area contributed by atoms with E-state index in [1.54, 1.807) is 0 Å². The highest BCUT2D eigenvalue weighted by molar-refractivity contribution is 7.11. The van der Waals surface area contributed by atoms with Crippen molar-refractivity contribution in [2.24, 2.45) is 5.41 Å². The number of alkyl halides is 3. The van der Waals surface area contributed by atoms with Crippen LogP contribution in [0.2, 0.25) is 0 Å². The van der Waals surface area contributed by atoms with Crippen molar-refractivity contribution >= 4 is 23.2 Å². The molecule has 32 heavy (non-hydrogen) atoms. The van der Waals surface area contributed by atoms with Gasteiger partial charge in [0.1, 0.15) is 5.76 Å². The van der Waals surface area contributed by atoms with Gasteiger partial charge < -0.3 is 14.5 Å². The van der Waals surface area contributed by atoms with Crippen LogP contribution in [0, 0.1) is 26.2 Å². The fourth-order valence-electron chi connectivity index (χ4n) is 4.27. The Morgan fingerprint density at radius 2 is 1.94 bits per heavy atom. The average Bonchev–Trinajstić information content (AvgIpc) is 3.43. The van der Waals surface area contributed by atoms with Gasteiger partial charge in [-0.1, -0.05) is 5.16 Å². The summed E-state index contributed by atoms with van der Waals surface area (Å²) in [6, 6.07) is 4.42. The van der Waals surface area contributed by atoms with E-state index in [0.717, 1.165) is 49.6 Å². The predicted octanol–water partition coefficient (Wildman–Crippen LogP) is 3.92. The Kier molecular flexibility index (Phi) is 6.99. The Hall–Kier alpha value is -2.40. The molecule has 4 heterocycles. The van der Waals surface area contributed by atoms with Gasteiger partial charge in [-0.2, -0.15) is 13.2 Å². The van der Waals surface area contributed by atoms with Crippen LogP contribution in [0.4, 0.5) is 13.2 Å². The number of aliphatic carboxylic acids is 1. The monoisotopic (exact) mass is 473 g/mol. The number of hydrogen-bond acceptors (Lipinski definition) is 6. The molecule has 11 heteroatoms. The van der Waals surface area contributed by atoms with Gasteiger partial charge in [0.25, 0.3) is 0 Å². The number of halogens is 3. The molecule has 176 valence electrons. The minimum atomic E-state index is -5.08. The summed E-state index contributed by atoms with van der Waals surface area (Å²) in [6.07, 6.45) is -3.29. The summed E-state index contributed by atoms with van der Waals surface area (Å²) in [5.74, 6) is -1.66. The van der Waals surface area contributed by atoms with Gasteiger partial charge in [0.05, 0.1) is 12.2 Å². The van der Waals surface area contributed by atoms with Gasteiger partial charge in [-0.25, -0.2) is 4.79 Å². The average molecular weight is 474 g/mol. The number of aromatic nitrogens is 1. The third-order valence-electron chi connectivity index (χ3n) is 5.87. The van der Waals surface area contributed by atoms with Crippen molar-refractivity contribution in [3.8, 4) is 0 Å². The molecule has 2 aromatic rings. The number of carbonyl (C=O) groups is 2. The van der Waals surface area contributed by atoms with Crippen molar-refractivity contribution in [2.75, 3.05) is 19.6 Å². The fourth-order valence-corrected chi connectivity index (χ4v) is 5.20. The molecular formula is C21H26F3N3O4S. The Morgan fingerprint density at radius 3 is 2.47 bits per heavy atom. The largest absolute Gasteiger partial charge is 0.490 e. The molecule has 0 radical (unpaired) electrons. The molecule has 1 unspecified atom stereocenters. The van der Waals surface area contributed by atoms with E-state index in [9.17, 15) is 18.0 Å². The first-order valence-electron chi connectivity index (χ1n) is 10.2. The maximum absolute atomic E-state index is 12.6. The normalized spacial score (nSPS) is 21.3. The molecule has 1 atom stereocenters. The SMILES string of the molecule is Cc1ccc(CN2CCC3(CC(=O)N(Cc4c(C)noc4C)C3)C2)s1.O=C(O)C(F)(F)F. The number of rotatable bonds is 4. The van der Waals surface area contributed by atoms with Crippen LogP contribution in [0.3, 0.4) is 0 Å². The second-order valence-electron chi connectivity index (χ2n) is 8.51. The van der Waals surface area contributed by atoms with Gasteiger partial charge in [0.15, 0.2) is 0 Å². The van der Waals surface area contributed by atoms with Gasteiger partial charge in [-0.15, -0.1) is 11.3 Å². The van der Waals surface area contributed by atoms with Crippen LogP contribution in [-0.2, 0) is 22.7 Å². The van der Waals surface area contributed by atoms with Crippen LogP contribution < -0.4 is 0 Å². The molecule has 7 nitrogen and oxygen atoms in total. The quantitative estimate of drug-likeness (QED) is 0.725. The molecule has 0 bridgehead atoms. The van der Waals surface area contributed by atoms with Crippen LogP contribution >= 0.6 is 11.3 Å². The molecule has 0 aromatic carbocycles. The standard InChI is InChI=1S/C19H25N3O2S.C2HF3O2/c1-13-4-5-16(25-13)9-21-7-6-19(11-21)8-18(23)22(12-19)10-17-14(2)20-24-15(17)3;3-2(4,5)1(6)7/h4-5H,6-12H2,1-3H3;(H,6,7). The maximum Gasteiger partial charge on any atom is 0.490 e. The highest BCUT2D eigenvalue weighted by atomic mass is 32.1. The second-order valence-corrected chi connectivity index (χ2v) is 9.88. The predicted molar refractivity (Wildman–Crippen MR) is 111 cm³/mol. The number of amides is 1. The molecule has 2 aliphatic heterocycles. The Morgan fingerprint density at radius 1 is 1.25 bits per heavy atom.